The summed E-state index contributed by atoms with van der Waals surface area (Å²) in [4.78, 5) is 26.1. The maximum atomic E-state index is 12.9. The fourth-order valence-corrected chi connectivity index (χ4v) is 2.63. The van der Waals surface area contributed by atoms with Gasteiger partial charge in [0.2, 0.25) is 11.8 Å². The Kier molecular flexibility index (Phi) is 8.23. The molecule has 27 heavy (non-hydrogen) atoms. The van der Waals surface area contributed by atoms with E-state index in [1.54, 1.807) is 36.4 Å². The monoisotopic (exact) mass is 391 g/mol. The molecule has 2 N–H and O–H groups in total. The average Bonchev–Trinajstić information content (AvgIpc) is 2.66. The topological polar surface area (TPSA) is 61.4 Å². The number of amides is 2. The highest BCUT2D eigenvalue weighted by atomic mass is 35.5. The van der Waals surface area contributed by atoms with Crippen LogP contribution in [0, 0.1) is 5.82 Å². The summed E-state index contributed by atoms with van der Waals surface area (Å²) in [6, 6.07) is 13.0. The Morgan fingerprint density at radius 2 is 1.78 bits per heavy atom. The molecule has 0 unspecified atom stereocenters. The van der Waals surface area contributed by atoms with Crippen molar-refractivity contribution in [3.05, 3.63) is 64.9 Å². The first-order valence-electron chi connectivity index (χ1n) is 8.75. The fourth-order valence-electron chi connectivity index (χ4n) is 2.45. The standard InChI is InChI=1S/C20H23ClFN3O2/c1-2-25(12-11-19(26)24-18-6-4-3-5-17(18)21)14-20(27)23-13-15-7-9-16(22)10-8-15/h3-10H,2,11-14H2,1H3,(H,23,27)(H,24,26). The molecule has 0 saturated heterocycles. The smallest absolute Gasteiger partial charge is 0.234 e. The van der Waals surface area contributed by atoms with E-state index in [0.717, 1.165) is 5.56 Å². The van der Waals surface area contributed by atoms with Crippen molar-refractivity contribution in [2.24, 2.45) is 0 Å². The lowest BCUT2D eigenvalue weighted by molar-refractivity contribution is -0.123. The number of nitrogens with one attached hydrogen (secondary N) is 2. The number of nitrogens with zero attached hydrogens (tertiary/aromatic N) is 1. The number of rotatable bonds is 9. The Balaban J connectivity index is 1.74. The van der Waals surface area contributed by atoms with Crippen LogP contribution in [-0.2, 0) is 16.1 Å². The molecule has 144 valence electrons. The van der Waals surface area contributed by atoms with Gasteiger partial charge in [0.15, 0.2) is 0 Å². The summed E-state index contributed by atoms with van der Waals surface area (Å²) >= 11 is 6.02. The number of hydrogen-bond acceptors (Lipinski definition) is 3. The van der Waals surface area contributed by atoms with Crippen LogP contribution < -0.4 is 10.6 Å². The summed E-state index contributed by atoms with van der Waals surface area (Å²) in [5.74, 6) is -0.613. The third-order valence-corrected chi connectivity index (χ3v) is 4.35. The highest BCUT2D eigenvalue weighted by Gasteiger charge is 2.12. The number of carbonyl (C=O) groups excluding carboxylic acids is 2. The van der Waals surface area contributed by atoms with Gasteiger partial charge in [-0.25, -0.2) is 4.39 Å². The zero-order valence-corrected chi connectivity index (χ0v) is 15.9. The van der Waals surface area contributed by atoms with Crippen LogP contribution in [0.25, 0.3) is 0 Å². The Morgan fingerprint density at radius 3 is 2.44 bits per heavy atom. The molecule has 0 aliphatic rings. The van der Waals surface area contributed by atoms with E-state index < -0.39 is 0 Å². The van der Waals surface area contributed by atoms with Crippen molar-refractivity contribution in [1.82, 2.24) is 10.2 Å². The van der Waals surface area contributed by atoms with Crippen LogP contribution in [0.4, 0.5) is 10.1 Å². The number of likely N-dealkylation sites (N-methyl/N-ethyl adjacent to an activating group) is 1. The van der Waals surface area contributed by atoms with E-state index in [2.05, 4.69) is 10.6 Å². The Labute approximate surface area is 163 Å². The third-order valence-electron chi connectivity index (χ3n) is 4.02. The molecule has 5 nitrogen and oxygen atoms in total. The van der Waals surface area contributed by atoms with Gasteiger partial charge in [0, 0.05) is 19.5 Å². The quantitative estimate of drug-likeness (QED) is 0.688. The van der Waals surface area contributed by atoms with E-state index in [9.17, 15) is 14.0 Å². The minimum Gasteiger partial charge on any atom is -0.351 e. The molecule has 0 aliphatic carbocycles. The second-order valence-electron chi connectivity index (χ2n) is 6.05. The molecule has 0 atom stereocenters. The van der Waals surface area contributed by atoms with Crippen molar-refractivity contribution in [2.45, 2.75) is 19.9 Å². The van der Waals surface area contributed by atoms with Crippen LogP contribution in [0.1, 0.15) is 18.9 Å². The lowest BCUT2D eigenvalue weighted by Crippen LogP contribution is -2.38. The minimum atomic E-state index is -0.308. The predicted molar refractivity (Wildman–Crippen MR) is 105 cm³/mol. The van der Waals surface area contributed by atoms with Crippen molar-refractivity contribution in [2.75, 3.05) is 25.0 Å². The molecule has 2 rings (SSSR count). The highest BCUT2D eigenvalue weighted by molar-refractivity contribution is 6.33. The predicted octanol–water partition coefficient (Wildman–Crippen LogP) is 3.45. The van der Waals surface area contributed by atoms with Gasteiger partial charge in [-0.15, -0.1) is 0 Å². The molecule has 0 bridgehead atoms. The van der Waals surface area contributed by atoms with E-state index in [-0.39, 0.29) is 30.6 Å². The largest absolute Gasteiger partial charge is 0.351 e. The van der Waals surface area contributed by atoms with Gasteiger partial charge >= 0.3 is 0 Å². The number of para-hydroxylation sites is 1. The van der Waals surface area contributed by atoms with Crippen molar-refractivity contribution in [1.29, 1.82) is 0 Å². The Hall–Kier alpha value is -2.44. The highest BCUT2D eigenvalue weighted by Crippen LogP contribution is 2.20. The van der Waals surface area contributed by atoms with Gasteiger partial charge in [-0.3, -0.25) is 14.5 Å². The van der Waals surface area contributed by atoms with Crippen LogP contribution in [-0.4, -0.2) is 36.3 Å². The van der Waals surface area contributed by atoms with Crippen LogP contribution in [0.15, 0.2) is 48.5 Å². The zero-order chi connectivity index (χ0) is 19.6. The summed E-state index contributed by atoms with van der Waals surface area (Å²) in [6.07, 6.45) is 0.254. The van der Waals surface area contributed by atoms with Crippen LogP contribution in [0.3, 0.4) is 0 Å². The molecule has 0 fully saturated rings. The number of halogens is 2. The minimum absolute atomic E-state index is 0.146. The molecule has 0 aromatic heterocycles. The fraction of sp³-hybridized carbons (Fsp3) is 0.300. The molecule has 2 aromatic rings. The van der Waals surface area contributed by atoms with Crippen LogP contribution in [0.5, 0.6) is 0 Å². The van der Waals surface area contributed by atoms with Crippen molar-refractivity contribution in [3.8, 4) is 0 Å². The Morgan fingerprint density at radius 1 is 1.07 bits per heavy atom. The lowest BCUT2D eigenvalue weighted by Gasteiger charge is -2.19. The summed E-state index contributed by atoms with van der Waals surface area (Å²) < 4.78 is 12.9. The second kappa shape index (κ2) is 10.6. The van der Waals surface area contributed by atoms with E-state index >= 15 is 0 Å². The van der Waals surface area contributed by atoms with E-state index in [4.69, 9.17) is 11.6 Å². The number of hydrogen-bond donors (Lipinski definition) is 2. The first-order chi connectivity index (χ1) is 13.0. The van der Waals surface area contributed by atoms with Gasteiger partial charge in [0.05, 0.1) is 17.3 Å². The lowest BCUT2D eigenvalue weighted by atomic mass is 10.2. The summed E-state index contributed by atoms with van der Waals surface area (Å²) in [5, 5.41) is 6.05. The molecular weight excluding hydrogens is 369 g/mol. The molecule has 0 aliphatic heterocycles. The first-order valence-corrected chi connectivity index (χ1v) is 9.13. The van der Waals surface area contributed by atoms with Gasteiger partial charge in [-0.2, -0.15) is 0 Å². The molecule has 0 radical (unpaired) electrons. The normalized spacial score (nSPS) is 10.7. The van der Waals surface area contributed by atoms with Crippen molar-refractivity contribution >= 4 is 29.1 Å². The van der Waals surface area contributed by atoms with Gasteiger partial charge in [0.25, 0.3) is 0 Å². The maximum absolute atomic E-state index is 12.9. The molecule has 2 amide bonds. The zero-order valence-electron chi connectivity index (χ0n) is 15.2. The third kappa shape index (κ3) is 7.37. The summed E-state index contributed by atoms with van der Waals surface area (Å²) in [5.41, 5.74) is 1.40. The molecule has 7 heteroatoms. The molecular formula is C20H23ClFN3O2. The van der Waals surface area contributed by atoms with E-state index in [1.165, 1.54) is 12.1 Å². The molecule has 2 aromatic carbocycles. The van der Waals surface area contributed by atoms with Gasteiger partial charge in [-0.05, 0) is 36.4 Å². The van der Waals surface area contributed by atoms with Crippen molar-refractivity contribution < 1.29 is 14.0 Å². The number of carbonyl (C=O) groups is 2. The summed E-state index contributed by atoms with van der Waals surface area (Å²) in [7, 11) is 0. The van der Waals surface area contributed by atoms with E-state index in [1.807, 2.05) is 11.8 Å². The molecule has 0 spiro atoms. The molecule has 0 saturated carbocycles. The maximum Gasteiger partial charge on any atom is 0.234 e. The van der Waals surface area contributed by atoms with Crippen molar-refractivity contribution in [3.63, 3.8) is 0 Å². The van der Waals surface area contributed by atoms with Gasteiger partial charge in [0.1, 0.15) is 5.82 Å². The van der Waals surface area contributed by atoms with Crippen LogP contribution >= 0.6 is 11.6 Å². The van der Waals surface area contributed by atoms with Gasteiger partial charge in [-0.1, -0.05) is 42.8 Å². The van der Waals surface area contributed by atoms with Crippen LogP contribution in [0.2, 0.25) is 5.02 Å². The number of benzene rings is 2. The number of anilines is 1. The molecule has 0 heterocycles. The van der Waals surface area contributed by atoms with Gasteiger partial charge < -0.3 is 10.6 Å². The Bertz CT molecular complexity index is 768. The van der Waals surface area contributed by atoms with E-state index in [0.29, 0.717) is 30.3 Å². The first kappa shape index (κ1) is 20.9. The summed E-state index contributed by atoms with van der Waals surface area (Å²) in [6.45, 7) is 3.56. The average molecular weight is 392 g/mol. The second-order valence-corrected chi connectivity index (χ2v) is 6.46. The SMILES string of the molecule is CCN(CCC(=O)Nc1ccccc1Cl)CC(=O)NCc1ccc(F)cc1.